The van der Waals surface area contributed by atoms with Crippen LogP contribution in [0.5, 0.6) is 0 Å². The highest BCUT2D eigenvalue weighted by molar-refractivity contribution is 6.28. The Morgan fingerprint density at radius 3 is 2.19 bits per heavy atom. The molecule has 0 spiro atoms. The molecule has 3 N–H and O–H groups in total. The minimum atomic E-state index is -1.99. The molecule has 222 valence electrons. The van der Waals surface area contributed by atoms with Gasteiger partial charge in [-0.3, -0.25) is 19.2 Å². The number of para-hydroxylation sites is 1. The Kier molecular flexibility index (Phi) is 7.94. The highest BCUT2D eigenvalue weighted by atomic mass is 35.5. The number of ketones is 1. The van der Waals surface area contributed by atoms with Crippen LogP contribution in [0.25, 0.3) is 11.1 Å². The van der Waals surface area contributed by atoms with Crippen molar-refractivity contribution in [1.29, 1.82) is 0 Å². The first-order valence-electron chi connectivity index (χ1n) is 14.5. The van der Waals surface area contributed by atoms with E-state index in [-0.39, 0.29) is 31.3 Å². The molecule has 3 aromatic carbocycles. The summed E-state index contributed by atoms with van der Waals surface area (Å²) in [5, 5.41) is 17.9. The number of hydrogen-bond donors (Lipinski definition) is 3. The van der Waals surface area contributed by atoms with Gasteiger partial charge in [-0.05, 0) is 36.1 Å². The molecular formula is C33H33ClN4O5. The minimum Gasteiger partial charge on any atom is -0.372 e. The molecule has 2 fully saturated rings. The summed E-state index contributed by atoms with van der Waals surface area (Å²) in [7, 11) is 0. The highest BCUT2D eigenvalue weighted by Gasteiger charge is 2.52. The molecule has 3 amide bonds. The Balaban J connectivity index is 1.34. The predicted octanol–water partition coefficient (Wildman–Crippen LogP) is 2.44. The zero-order chi connectivity index (χ0) is 30.1. The molecule has 0 aromatic heterocycles. The molecule has 9 nitrogen and oxygen atoms in total. The number of fused-ring (bicyclic) bond motifs is 3. The van der Waals surface area contributed by atoms with E-state index in [9.17, 15) is 24.3 Å². The van der Waals surface area contributed by atoms with Gasteiger partial charge in [0.1, 0.15) is 6.04 Å². The van der Waals surface area contributed by atoms with Crippen molar-refractivity contribution in [3.05, 3.63) is 90.0 Å². The Hall–Kier alpha value is -4.21. The van der Waals surface area contributed by atoms with Gasteiger partial charge in [0.25, 0.3) is 5.91 Å². The maximum Gasteiger partial charge on any atom is 0.264 e. The van der Waals surface area contributed by atoms with Crippen molar-refractivity contribution in [3.8, 4) is 11.1 Å². The molecule has 0 unspecified atom stereocenters. The largest absolute Gasteiger partial charge is 0.372 e. The van der Waals surface area contributed by atoms with Crippen LogP contribution in [0.2, 0.25) is 0 Å². The van der Waals surface area contributed by atoms with Gasteiger partial charge in [-0.1, -0.05) is 66.7 Å². The second-order valence-electron chi connectivity index (χ2n) is 11.3. The first-order chi connectivity index (χ1) is 20.8. The molecule has 43 heavy (non-hydrogen) atoms. The average Bonchev–Trinajstić information content (AvgIpc) is 3.58. The number of nitrogens with one attached hydrogen (secondary N) is 2. The lowest BCUT2D eigenvalue weighted by Crippen LogP contribution is -2.65. The summed E-state index contributed by atoms with van der Waals surface area (Å²) in [6.07, 6.45) is 0.680. The smallest absolute Gasteiger partial charge is 0.264 e. The molecule has 3 atom stereocenters. The second-order valence-corrected chi connectivity index (χ2v) is 11.5. The number of carbonyl (C=O) groups excluding carboxylic acids is 4. The van der Waals surface area contributed by atoms with Gasteiger partial charge in [0.2, 0.25) is 11.8 Å². The number of benzene rings is 3. The van der Waals surface area contributed by atoms with Crippen molar-refractivity contribution < 1.29 is 24.3 Å². The van der Waals surface area contributed by atoms with Crippen LogP contribution in [0.15, 0.2) is 78.9 Å². The number of carbonyl (C=O) groups is 4. The lowest BCUT2D eigenvalue weighted by Gasteiger charge is -2.44. The fourth-order valence-corrected chi connectivity index (χ4v) is 6.75. The average molecular weight is 601 g/mol. The second kappa shape index (κ2) is 11.8. The van der Waals surface area contributed by atoms with E-state index in [1.807, 2.05) is 59.5 Å². The van der Waals surface area contributed by atoms with Gasteiger partial charge in [0.05, 0.1) is 11.9 Å². The number of nitrogens with zero attached hydrogens (tertiary/aromatic N) is 2. The van der Waals surface area contributed by atoms with E-state index >= 15 is 0 Å². The van der Waals surface area contributed by atoms with E-state index in [4.69, 9.17) is 11.6 Å². The first kappa shape index (κ1) is 28.9. The van der Waals surface area contributed by atoms with Crippen LogP contribution >= 0.6 is 11.6 Å². The van der Waals surface area contributed by atoms with E-state index in [0.29, 0.717) is 30.6 Å². The summed E-state index contributed by atoms with van der Waals surface area (Å²) in [4.78, 5) is 57.2. The third-order valence-electron chi connectivity index (χ3n) is 8.82. The van der Waals surface area contributed by atoms with Gasteiger partial charge < -0.3 is 25.5 Å². The quantitative estimate of drug-likeness (QED) is 0.342. The monoisotopic (exact) mass is 600 g/mol. The fourth-order valence-electron chi connectivity index (χ4n) is 6.56. The maximum atomic E-state index is 14.5. The number of halogens is 1. The maximum absolute atomic E-state index is 14.5. The van der Waals surface area contributed by atoms with Gasteiger partial charge in [0.15, 0.2) is 11.4 Å². The van der Waals surface area contributed by atoms with Crippen LogP contribution in [0.3, 0.4) is 0 Å². The van der Waals surface area contributed by atoms with E-state index in [0.717, 1.165) is 16.8 Å². The van der Waals surface area contributed by atoms with Crippen molar-refractivity contribution in [3.63, 3.8) is 0 Å². The van der Waals surface area contributed by atoms with Crippen LogP contribution in [-0.4, -0.2) is 77.7 Å². The molecule has 6 rings (SSSR count). The van der Waals surface area contributed by atoms with E-state index in [1.54, 1.807) is 24.3 Å². The minimum absolute atomic E-state index is 0.122. The van der Waals surface area contributed by atoms with Crippen LogP contribution in [0.1, 0.15) is 24.0 Å². The van der Waals surface area contributed by atoms with Gasteiger partial charge in [-0.25, -0.2) is 0 Å². The summed E-state index contributed by atoms with van der Waals surface area (Å²) >= 11 is 5.91. The van der Waals surface area contributed by atoms with Crippen LogP contribution in [0.4, 0.5) is 5.69 Å². The molecule has 3 aromatic rings. The molecule has 0 bridgehead atoms. The molecule has 2 saturated heterocycles. The molecule has 0 radical (unpaired) electrons. The molecule has 10 heteroatoms. The Morgan fingerprint density at radius 2 is 1.58 bits per heavy atom. The number of hydrogen-bond acceptors (Lipinski definition) is 6. The number of alkyl halides is 1. The number of Topliss-reactive ketones (excluding diaryl/α,β-unsaturated/α-hetero) is 1. The standard InChI is InChI=1S/C33H33ClN4O5/c34-19-29(39)27(18-21-14-15-35-30(21)40)36-31(41)28-20-37(22-8-2-1-3-9-22)16-17-38(28)32(42)33(43)25-12-6-4-10-23(25)24-11-5-7-13-26(24)33/h1-13,21,27-28,43H,14-20H2,(H,35,40)(H,36,41)/t21-,27-,28-/m0/s1. The van der Waals surface area contributed by atoms with Gasteiger partial charge in [0, 0.05) is 48.9 Å². The van der Waals surface area contributed by atoms with Crippen LogP contribution in [0, 0.1) is 5.92 Å². The van der Waals surface area contributed by atoms with Crippen molar-refractivity contribution in [1.82, 2.24) is 15.5 Å². The fraction of sp³-hybridized carbons (Fsp3) is 0.333. The highest BCUT2D eigenvalue weighted by Crippen LogP contribution is 2.48. The Morgan fingerprint density at radius 1 is 0.953 bits per heavy atom. The lowest BCUT2D eigenvalue weighted by molar-refractivity contribution is -0.154. The predicted molar refractivity (Wildman–Crippen MR) is 162 cm³/mol. The number of rotatable bonds is 8. The molecule has 1 aliphatic carbocycles. The number of aliphatic hydroxyl groups is 1. The summed E-state index contributed by atoms with van der Waals surface area (Å²) in [5.74, 6) is -2.45. The number of anilines is 1. The van der Waals surface area contributed by atoms with Crippen molar-refractivity contribution >= 4 is 40.8 Å². The number of amides is 3. The molecule has 3 aliphatic rings. The van der Waals surface area contributed by atoms with E-state index in [1.165, 1.54) is 4.90 Å². The lowest BCUT2D eigenvalue weighted by atomic mass is 9.88. The van der Waals surface area contributed by atoms with Crippen molar-refractivity contribution in [2.24, 2.45) is 5.92 Å². The van der Waals surface area contributed by atoms with E-state index in [2.05, 4.69) is 10.6 Å². The summed E-state index contributed by atoms with van der Waals surface area (Å²) in [6, 6.07) is 22.1. The van der Waals surface area contributed by atoms with Crippen LogP contribution in [-0.2, 0) is 24.8 Å². The molecular weight excluding hydrogens is 568 g/mol. The third kappa shape index (κ3) is 5.17. The van der Waals surface area contributed by atoms with Crippen molar-refractivity contribution in [2.75, 3.05) is 37.0 Å². The summed E-state index contributed by atoms with van der Waals surface area (Å²) in [6.45, 7) is 1.26. The first-order valence-corrected chi connectivity index (χ1v) is 15.1. The van der Waals surface area contributed by atoms with E-state index < -0.39 is 41.2 Å². The summed E-state index contributed by atoms with van der Waals surface area (Å²) < 4.78 is 0. The third-order valence-corrected chi connectivity index (χ3v) is 9.08. The molecule has 2 heterocycles. The normalized spacial score (nSPS) is 21.0. The van der Waals surface area contributed by atoms with Crippen molar-refractivity contribution in [2.45, 2.75) is 30.5 Å². The molecule has 2 aliphatic heterocycles. The Bertz CT molecular complexity index is 1520. The summed E-state index contributed by atoms with van der Waals surface area (Å²) in [5.41, 5.74) is 1.36. The Labute approximate surface area is 254 Å². The number of piperazine rings is 1. The van der Waals surface area contributed by atoms with Gasteiger partial charge >= 0.3 is 0 Å². The van der Waals surface area contributed by atoms with Crippen LogP contribution < -0.4 is 15.5 Å². The zero-order valence-corrected chi connectivity index (χ0v) is 24.3. The SMILES string of the molecule is O=C1NCC[C@H]1C[C@H](NC(=O)[C@@H]1CN(c2ccccc2)CCN1C(=O)C1(O)c2ccccc2-c2ccccc21)C(=O)CCl. The zero-order valence-electron chi connectivity index (χ0n) is 23.5. The topological polar surface area (TPSA) is 119 Å². The van der Waals surface area contributed by atoms with Gasteiger partial charge in [-0.15, -0.1) is 11.6 Å². The molecule has 0 saturated carbocycles. The van der Waals surface area contributed by atoms with Gasteiger partial charge in [-0.2, -0.15) is 0 Å².